The topological polar surface area (TPSA) is 26.0 Å². The Morgan fingerprint density at radius 3 is 2.43 bits per heavy atom. The van der Waals surface area contributed by atoms with Crippen LogP contribution in [-0.4, -0.2) is 0 Å². The molecule has 0 aliphatic rings. The van der Waals surface area contributed by atoms with Crippen LogP contribution in [-0.2, 0) is 0 Å². The Kier molecular flexibility index (Phi) is 3.21. The van der Waals surface area contributed by atoms with Crippen molar-refractivity contribution >= 4 is 0 Å². The highest BCUT2D eigenvalue weighted by Gasteiger charge is 2.14. The van der Waals surface area contributed by atoms with E-state index in [2.05, 4.69) is 5.92 Å². The molecular weight excluding hydrogens is 184 g/mol. The zero-order chi connectivity index (χ0) is 10.7. The first-order valence-corrected chi connectivity index (χ1v) is 4.17. The van der Waals surface area contributed by atoms with Crippen molar-refractivity contribution in [3.8, 4) is 12.3 Å². The summed E-state index contributed by atoms with van der Waals surface area (Å²) in [6, 6.07) is 3.98. The van der Waals surface area contributed by atoms with Crippen molar-refractivity contribution in [3.05, 3.63) is 34.9 Å². The molecular formula is C11H11F2N. The van der Waals surface area contributed by atoms with Crippen LogP contribution < -0.4 is 5.73 Å². The van der Waals surface area contributed by atoms with Gasteiger partial charge < -0.3 is 5.73 Å². The summed E-state index contributed by atoms with van der Waals surface area (Å²) in [6.07, 6.45) is 2.65. The van der Waals surface area contributed by atoms with E-state index in [1.165, 1.54) is 6.07 Å². The summed E-state index contributed by atoms with van der Waals surface area (Å²) in [5.74, 6) is 2.32. The molecule has 0 aromatic heterocycles. The summed E-state index contributed by atoms with van der Waals surface area (Å²) in [5.41, 5.74) is 6.64. The standard InChI is InChI=1S/C11H11F2N/c1-3-10(14)8-5-4-6-9(7(8)2)11(12)13/h1,4-6,10-11H,14H2,2H3/t10-/m1/s1. The number of benzene rings is 1. The van der Waals surface area contributed by atoms with Gasteiger partial charge in [0, 0.05) is 5.56 Å². The molecule has 1 aromatic carbocycles. The molecule has 1 nitrogen and oxygen atoms in total. The molecule has 0 radical (unpaired) electrons. The van der Waals surface area contributed by atoms with E-state index in [1.54, 1.807) is 19.1 Å². The van der Waals surface area contributed by atoms with E-state index in [0.29, 0.717) is 11.1 Å². The third kappa shape index (κ3) is 1.91. The fourth-order valence-electron chi connectivity index (χ4n) is 1.34. The van der Waals surface area contributed by atoms with Crippen LogP contribution in [0.15, 0.2) is 18.2 Å². The summed E-state index contributed by atoms with van der Waals surface area (Å²) in [4.78, 5) is 0. The Labute approximate surface area is 81.9 Å². The summed E-state index contributed by atoms with van der Waals surface area (Å²) in [7, 11) is 0. The second-order valence-corrected chi connectivity index (χ2v) is 3.01. The summed E-state index contributed by atoms with van der Waals surface area (Å²) < 4.78 is 25.0. The fourth-order valence-corrected chi connectivity index (χ4v) is 1.34. The number of hydrogen-bond acceptors (Lipinski definition) is 1. The highest BCUT2D eigenvalue weighted by Crippen LogP contribution is 2.26. The van der Waals surface area contributed by atoms with Crippen LogP contribution in [0.2, 0.25) is 0 Å². The highest BCUT2D eigenvalue weighted by atomic mass is 19.3. The molecule has 0 spiro atoms. The van der Waals surface area contributed by atoms with Gasteiger partial charge in [0.15, 0.2) is 0 Å². The Balaban J connectivity index is 3.22. The predicted octanol–water partition coefficient (Wildman–Crippen LogP) is 2.57. The van der Waals surface area contributed by atoms with Gasteiger partial charge in [0.2, 0.25) is 0 Å². The second-order valence-electron chi connectivity index (χ2n) is 3.01. The molecule has 74 valence electrons. The van der Waals surface area contributed by atoms with Crippen LogP contribution in [0, 0.1) is 19.3 Å². The summed E-state index contributed by atoms with van der Waals surface area (Å²) in [6.45, 7) is 1.61. The highest BCUT2D eigenvalue weighted by molar-refractivity contribution is 5.39. The van der Waals surface area contributed by atoms with E-state index in [-0.39, 0.29) is 5.56 Å². The molecule has 0 aliphatic heterocycles. The molecule has 1 aromatic rings. The minimum atomic E-state index is -2.49. The Morgan fingerprint density at radius 1 is 1.36 bits per heavy atom. The first-order chi connectivity index (χ1) is 6.57. The number of alkyl halides is 2. The largest absolute Gasteiger partial charge is 0.314 e. The van der Waals surface area contributed by atoms with E-state index in [0.717, 1.165) is 0 Å². The van der Waals surface area contributed by atoms with E-state index in [1.807, 2.05) is 0 Å². The lowest BCUT2D eigenvalue weighted by atomic mass is 9.98. The lowest BCUT2D eigenvalue weighted by Gasteiger charge is -2.12. The SMILES string of the molecule is C#C[C@@H](N)c1cccc(C(F)F)c1C. The first kappa shape index (κ1) is 10.7. The van der Waals surface area contributed by atoms with Crippen LogP contribution >= 0.6 is 0 Å². The molecule has 0 amide bonds. The maximum absolute atomic E-state index is 12.5. The first-order valence-electron chi connectivity index (χ1n) is 4.17. The molecule has 1 rings (SSSR count). The van der Waals surface area contributed by atoms with Crippen LogP contribution in [0.3, 0.4) is 0 Å². The molecule has 2 N–H and O–H groups in total. The Hall–Kier alpha value is -1.40. The smallest absolute Gasteiger partial charge is 0.264 e. The predicted molar refractivity (Wildman–Crippen MR) is 51.9 cm³/mol. The van der Waals surface area contributed by atoms with E-state index in [4.69, 9.17) is 12.2 Å². The molecule has 3 heteroatoms. The van der Waals surface area contributed by atoms with Crippen molar-refractivity contribution in [3.63, 3.8) is 0 Å². The average molecular weight is 195 g/mol. The number of halogens is 2. The Morgan fingerprint density at radius 2 is 1.93 bits per heavy atom. The molecule has 0 heterocycles. The van der Waals surface area contributed by atoms with Gasteiger partial charge in [0.05, 0.1) is 6.04 Å². The van der Waals surface area contributed by atoms with Gasteiger partial charge in [-0.05, 0) is 18.1 Å². The third-order valence-electron chi connectivity index (χ3n) is 2.17. The minimum Gasteiger partial charge on any atom is -0.314 e. The van der Waals surface area contributed by atoms with Crippen molar-refractivity contribution in [2.75, 3.05) is 0 Å². The number of rotatable bonds is 2. The number of terminal acetylenes is 1. The molecule has 0 saturated heterocycles. The van der Waals surface area contributed by atoms with Gasteiger partial charge in [-0.2, -0.15) is 0 Å². The van der Waals surface area contributed by atoms with Gasteiger partial charge in [-0.1, -0.05) is 24.1 Å². The van der Waals surface area contributed by atoms with Gasteiger partial charge in [-0.3, -0.25) is 0 Å². The van der Waals surface area contributed by atoms with Gasteiger partial charge in [-0.15, -0.1) is 6.42 Å². The zero-order valence-electron chi connectivity index (χ0n) is 7.80. The van der Waals surface area contributed by atoms with E-state index >= 15 is 0 Å². The van der Waals surface area contributed by atoms with Crippen molar-refractivity contribution in [2.45, 2.75) is 19.4 Å². The summed E-state index contributed by atoms with van der Waals surface area (Å²) >= 11 is 0. The molecule has 0 aliphatic carbocycles. The van der Waals surface area contributed by atoms with Gasteiger partial charge in [0.25, 0.3) is 6.43 Å². The maximum atomic E-state index is 12.5. The molecule has 0 bridgehead atoms. The van der Waals surface area contributed by atoms with Crippen molar-refractivity contribution in [1.29, 1.82) is 0 Å². The van der Waals surface area contributed by atoms with Crippen LogP contribution in [0.5, 0.6) is 0 Å². The van der Waals surface area contributed by atoms with Crippen molar-refractivity contribution in [2.24, 2.45) is 5.73 Å². The monoisotopic (exact) mass is 195 g/mol. The zero-order valence-corrected chi connectivity index (χ0v) is 7.80. The molecule has 0 saturated carbocycles. The van der Waals surface area contributed by atoms with Gasteiger partial charge in [0.1, 0.15) is 0 Å². The van der Waals surface area contributed by atoms with E-state index in [9.17, 15) is 8.78 Å². The lowest BCUT2D eigenvalue weighted by molar-refractivity contribution is 0.150. The van der Waals surface area contributed by atoms with Crippen LogP contribution in [0.25, 0.3) is 0 Å². The lowest BCUT2D eigenvalue weighted by Crippen LogP contribution is -2.10. The minimum absolute atomic E-state index is 0.00630. The molecule has 1 atom stereocenters. The average Bonchev–Trinajstić information content (AvgIpc) is 2.16. The second kappa shape index (κ2) is 4.21. The molecule has 0 unspecified atom stereocenters. The quantitative estimate of drug-likeness (QED) is 0.721. The number of hydrogen-bond donors (Lipinski definition) is 1. The van der Waals surface area contributed by atoms with Crippen molar-refractivity contribution in [1.82, 2.24) is 0 Å². The van der Waals surface area contributed by atoms with Crippen molar-refractivity contribution < 1.29 is 8.78 Å². The van der Waals surface area contributed by atoms with Crippen LogP contribution in [0.4, 0.5) is 8.78 Å². The molecule has 14 heavy (non-hydrogen) atoms. The van der Waals surface area contributed by atoms with Gasteiger partial charge >= 0.3 is 0 Å². The maximum Gasteiger partial charge on any atom is 0.264 e. The molecule has 0 fully saturated rings. The fraction of sp³-hybridized carbons (Fsp3) is 0.273. The Bertz CT molecular complexity index is 366. The van der Waals surface area contributed by atoms with Crippen LogP contribution in [0.1, 0.15) is 29.2 Å². The normalized spacial score (nSPS) is 12.6. The summed E-state index contributed by atoms with van der Waals surface area (Å²) in [5, 5.41) is 0. The van der Waals surface area contributed by atoms with Gasteiger partial charge in [-0.25, -0.2) is 8.78 Å². The third-order valence-corrected chi connectivity index (χ3v) is 2.17. The number of nitrogens with two attached hydrogens (primary N) is 1. The van der Waals surface area contributed by atoms with E-state index < -0.39 is 12.5 Å².